The average molecular weight is 252 g/mol. The van der Waals surface area contributed by atoms with Crippen molar-refractivity contribution in [1.82, 2.24) is 9.88 Å². The number of aliphatic carboxylic acids is 1. The standard InChI is InChI=1S/C12H13FN2O3/c13-10-3-1-2-9(14-10)12(18)15(8-4-5-8)7-6-11(16)17/h1-3,8H,4-7H2,(H,16,17). The van der Waals surface area contributed by atoms with Crippen molar-refractivity contribution in [1.29, 1.82) is 0 Å². The molecule has 5 nitrogen and oxygen atoms in total. The molecule has 1 N–H and O–H groups in total. The van der Waals surface area contributed by atoms with Crippen molar-refractivity contribution >= 4 is 11.9 Å². The zero-order valence-corrected chi connectivity index (χ0v) is 9.67. The van der Waals surface area contributed by atoms with Crippen LogP contribution in [0.1, 0.15) is 29.8 Å². The molecule has 0 aliphatic heterocycles. The maximum atomic E-state index is 12.9. The first-order valence-corrected chi connectivity index (χ1v) is 5.73. The predicted molar refractivity (Wildman–Crippen MR) is 60.5 cm³/mol. The average Bonchev–Trinajstić information content (AvgIpc) is 3.13. The van der Waals surface area contributed by atoms with Crippen LogP contribution in [0.5, 0.6) is 0 Å². The molecule has 1 fully saturated rings. The summed E-state index contributed by atoms with van der Waals surface area (Å²) in [6, 6.07) is 4.08. The summed E-state index contributed by atoms with van der Waals surface area (Å²) in [4.78, 5) is 27.6. The predicted octanol–water partition coefficient (Wildman–Crippen LogP) is 1.30. The van der Waals surface area contributed by atoms with Crippen LogP contribution in [0, 0.1) is 5.95 Å². The summed E-state index contributed by atoms with van der Waals surface area (Å²) in [5, 5.41) is 8.65. The molecular formula is C12H13FN2O3. The van der Waals surface area contributed by atoms with Gasteiger partial charge in [-0.1, -0.05) is 6.07 Å². The molecule has 0 radical (unpaired) electrons. The Labute approximate surface area is 103 Å². The number of rotatable bonds is 5. The molecule has 0 spiro atoms. The van der Waals surface area contributed by atoms with Gasteiger partial charge in [-0.2, -0.15) is 4.39 Å². The molecule has 1 amide bonds. The topological polar surface area (TPSA) is 70.5 Å². The van der Waals surface area contributed by atoms with Crippen LogP contribution in [0.3, 0.4) is 0 Å². The van der Waals surface area contributed by atoms with Crippen LogP contribution >= 0.6 is 0 Å². The van der Waals surface area contributed by atoms with E-state index >= 15 is 0 Å². The van der Waals surface area contributed by atoms with Crippen LogP contribution < -0.4 is 0 Å². The minimum Gasteiger partial charge on any atom is -0.481 e. The largest absolute Gasteiger partial charge is 0.481 e. The molecule has 1 aromatic heterocycles. The van der Waals surface area contributed by atoms with Crippen molar-refractivity contribution in [2.24, 2.45) is 0 Å². The molecule has 0 saturated heterocycles. The van der Waals surface area contributed by atoms with E-state index in [1.54, 1.807) is 0 Å². The molecule has 6 heteroatoms. The van der Waals surface area contributed by atoms with Crippen LogP contribution in [0.4, 0.5) is 4.39 Å². The van der Waals surface area contributed by atoms with Crippen LogP contribution in [0.15, 0.2) is 18.2 Å². The number of hydrogen-bond donors (Lipinski definition) is 1. The number of hydrogen-bond acceptors (Lipinski definition) is 3. The maximum Gasteiger partial charge on any atom is 0.305 e. The van der Waals surface area contributed by atoms with Gasteiger partial charge in [-0.05, 0) is 25.0 Å². The second-order valence-electron chi connectivity index (χ2n) is 4.22. The van der Waals surface area contributed by atoms with Gasteiger partial charge in [0, 0.05) is 12.6 Å². The first-order chi connectivity index (χ1) is 8.58. The van der Waals surface area contributed by atoms with E-state index in [1.807, 2.05) is 0 Å². The van der Waals surface area contributed by atoms with Crippen LogP contribution in [0.2, 0.25) is 0 Å². The molecule has 0 unspecified atom stereocenters. The van der Waals surface area contributed by atoms with Crippen molar-refractivity contribution in [3.8, 4) is 0 Å². The summed E-state index contributed by atoms with van der Waals surface area (Å²) < 4.78 is 12.9. The smallest absolute Gasteiger partial charge is 0.305 e. The van der Waals surface area contributed by atoms with E-state index in [4.69, 9.17) is 5.11 Å². The summed E-state index contributed by atoms with van der Waals surface area (Å²) in [7, 11) is 0. The maximum absolute atomic E-state index is 12.9. The van der Waals surface area contributed by atoms with Gasteiger partial charge in [0.1, 0.15) is 5.69 Å². The summed E-state index contributed by atoms with van der Waals surface area (Å²) in [5.41, 5.74) is 0.0206. The summed E-state index contributed by atoms with van der Waals surface area (Å²) in [6.07, 6.45) is 1.61. The van der Waals surface area contributed by atoms with Crippen molar-refractivity contribution in [3.63, 3.8) is 0 Å². The Bertz CT molecular complexity index is 474. The number of carbonyl (C=O) groups excluding carboxylic acids is 1. The van der Waals surface area contributed by atoms with E-state index in [0.717, 1.165) is 18.9 Å². The minimum atomic E-state index is -0.958. The van der Waals surface area contributed by atoms with Gasteiger partial charge in [0.25, 0.3) is 5.91 Å². The van der Waals surface area contributed by atoms with E-state index in [0.29, 0.717) is 0 Å². The van der Waals surface area contributed by atoms with Gasteiger partial charge in [-0.15, -0.1) is 0 Å². The van der Waals surface area contributed by atoms with Gasteiger partial charge >= 0.3 is 5.97 Å². The van der Waals surface area contributed by atoms with E-state index in [2.05, 4.69) is 4.98 Å². The Morgan fingerprint density at radius 3 is 2.72 bits per heavy atom. The van der Waals surface area contributed by atoms with E-state index < -0.39 is 17.8 Å². The molecule has 1 aliphatic carbocycles. The van der Waals surface area contributed by atoms with Gasteiger partial charge in [-0.3, -0.25) is 9.59 Å². The van der Waals surface area contributed by atoms with Gasteiger partial charge < -0.3 is 10.0 Å². The summed E-state index contributed by atoms with van der Waals surface area (Å²) >= 11 is 0. The fourth-order valence-electron chi connectivity index (χ4n) is 1.73. The third-order valence-electron chi connectivity index (χ3n) is 2.75. The number of carboxylic acids is 1. The third-order valence-corrected chi connectivity index (χ3v) is 2.75. The van der Waals surface area contributed by atoms with E-state index in [1.165, 1.54) is 17.0 Å². The van der Waals surface area contributed by atoms with Gasteiger partial charge in [0.15, 0.2) is 0 Å². The highest BCUT2D eigenvalue weighted by Gasteiger charge is 2.33. The molecule has 1 heterocycles. The molecule has 1 aliphatic rings. The fourth-order valence-corrected chi connectivity index (χ4v) is 1.73. The molecule has 1 saturated carbocycles. The lowest BCUT2D eigenvalue weighted by Gasteiger charge is -2.21. The number of carbonyl (C=O) groups is 2. The normalized spacial score (nSPS) is 14.3. The lowest BCUT2D eigenvalue weighted by molar-refractivity contribution is -0.137. The van der Waals surface area contributed by atoms with Crippen molar-refractivity contribution in [2.75, 3.05) is 6.54 Å². The number of pyridine rings is 1. The Hall–Kier alpha value is -1.98. The summed E-state index contributed by atoms with van der Waals surface area (Å²) in [6.45, 7) is 0.136. The molecule has 0 aromatic carbocycles. The number of carboxylic acid groups (broad SMARTS) is 1. The van der Waals surface area contributed by atoms with Crippen molar-refractivity contribution < 1.29 is 19.1 Å². The highest BCUT2D eigenvalue weighted by atomic mass is 19.1. The SMILES string of the molecule is O=C(O)CCN(C(=O)c1cccc(F)n1)C1CC1. The first kappa shape index (κ1) is 12.5. The molecule has 2 rings (SSSR count). The number of amides is 1. The fraction of sp³-hybridized carbons (Fsp3) is 0.417. The van der Waals surface area contributed by atoms with Crippen LogP contribution in [0.25, 0.3) is 0 Å². The molecule has 96 valence electrons. The second kappa shape index (κ2) is 5.12. The minimum absolute atomic E-state index is 0.0206. The van der Waals surface area contributed by atoms with Gasteiger partial charge in [-0.25, -0.2) is 4.98 Å². The number of aromatic nitrogens is 1. The second-order valence-corrected chi connectivity index (χ2v) is 4.22. The van der Waals surface area contributed by atoms with Crippen LogP contribution in [-0.2, 0) is 4.79 Å². The highest BCUT2D eigenvalue weighted by Crippen LogP contribution is 2.28. The van der Waals surface area contributed by atoms with Crippen LogP contribution in [-0.4, -0.2) is 39.5 Å². The number of halogens is 1. The Kier molecular flexibility index (Phi) is 3.55. The molecule has 18 heavy (non-hydrogen) atoms. The highest BCUT2D eigenvalue weighted by molar-refractivity contribution is 5.92. The molecule has 1 aromatic rings. The molecule has 0 atom stereocenters. The Morgan fingerprint density at radius 2 is 2.17 bits per heavy atom. The summed E-state index contributed by atoms with van der Waals surface area (Å²) in [5.74, 6) is -2.08. The lowest BCUT2D eigenvalue weighted by Crippen LogP contribution is -2.35. The monoisotopic (exact) mass is 252 g/mol. The zero-order chi connectivity index (χ0) is 13.1. The van der Waals surface area contributed by atoms with E-state index in [-0.39, 0.29) is 24.7 Å². The lowest BCUT2D eigenvalue weighted by atomic mass is 10.3. The third kappa shape index (κ3) is 3.03. The Morgan fingerprint density at radius 1 is 1.44 bits per heavy atom. The van der Waals surface area contributed by atoms with Crippen molar-refractivity contribution in [2.45, 2.75) is 25.3 Å². The molecular weight excluding hydrogens is 239 g/mol. The number of nitrogens with zero attached hydrogens (tertiary/aromatic N) is 2. The van der Waals surface area contributed by atoms with Gasteiger partial charge in [0.05, 0.1) is 6.42 Å². The molecule has 0 bridgehead atoms. The van der Waals surface area contributed by atoms with Crippen molar-refractivity contribution in [3.05, 3.63) is 29.8 Å². The Balaban J connectivity index is 2.10. The quantitative estimate of drug-likeness (QED) is 0.802. The van der Waals surface area contributed by atoms with Gasteiger partial charge in [0.2, 0.25) is 5.95 Å². The van der Waals surface area contributed by atoms with E-state index in [9.17, 15) is 14.0 Å². The first-order valence-electron chi connectivity index (χ1n) is 5.73. The zero-order valence-electron chi connectivity index (χ0n) is 9.67.